The third kappa shape index (κ3) is 3.24. The molecule has 1 aromatic rings. The van der Waals surface area contributed by atoms with Crippen molar-refractivity contribution >= 4 is 12.4 Å². The molecule has 1 unspecified atom stereocenters. The molecule has 0 N–H and O–H groups in total. The summed E-state index contributed by atoms with van der Waals surface area (Å²) in [5.74, 6) is -1.06. The van der Waals surface area contributed by atoms with Gasteiger partial charge in [0.2, 0.25) is 0 Å². The summed E-state index contributed by atoms with van der Waals surface area (Å²) in [7, 11) is 0. The summed E-state index contributed by atoms with van der Waals surface area (Å²) in [6.07, 6.45) is 4.97. The van der Waals surface area contributed by atoms with E-state index in [9.17, 15) is 17.3 Å². The zero-order valence-corrected chi connectivity index (χ0v) is 12.2. The van der Waals surface area contributed by atoms with Crippen molar-refractivity contribution in [2.75, 3.05) is 6.61 Å². The molecule has 122 valence electrons. The highest BCUT2D eigenvalue weighted by molar-refractivity contribution is 6.73. The van der Waals surface area contributed by atoms with Gasteiger partial charge >= 0.3 is 6.98 Å². The van der Waals surface area contributed by atoms with Crippen LogP contribution in [-0.4, -0.2) is 25.3 Å². The molecule has 1 aliphatic carbocycles. The van der Waals surface area contributed by atoms with Gasteiger partial charge in [0.05, 0.1) is 12.2 Å². The molecule has 1 aromatic carbocycles. The lowest BCUT2D eigenvalue weighted by Crippen LogP contribution is -2.42. The number of hydrogen-bond donors (Lipinski definition) is 0. The molecule has 7 heteroatoms. The Bertz CT molecular complexity index is 541. The number of halogens is 4. The van der Waals surface area contributed by atoms with E-state index >= 15 is 0 Å². The van der Waals surface area contributed by atoms with Crippen LogP contribution in [0.25, 0.3) is 0 Å². The molecule has 1 aliphatic heterocycles. The van der Waals surface area contributed by atoms with Gasteiger partial charge in [-0.3, -0.25) is 0 Å². The molecule has 2 fully saturated rings. The lowest BCUT2D eigenvalue weighted by Gasteiger charge is -2.38. The highest BCUT2D eigenvalue weighted by Crippen LogP contribution is 2.41. The summed E-state index contributed by atoms with van der Waals surface area (Å²) in [5.41, 5.74) is -1.05. The summed E-state index contributed by atoms with van der Waals surface area (Å²) in [6, 6.07) is 2.35. The van der Waals surface area contributed by atoms with Gasteiger partial charge in [0.25, 0.3) is 0 Å². The van der Waals surface area contributed by atoms with Gasteiger partial charge in [-0.2, -0.15) is 0 Å². The van der Waals surface area contributed by atoms with Crippen LogP contribution in [0.1, 0.15) is 38.5 Å². The molecule has 1 saturated heterocycles. The lowest BCUT2D eigenvalue weighted by molar-refractivity contribution is -0.108. The molecule has 2 nitrogen and oxygen atoms in total. The highest BCUT2D eigenvalue weighted by atomic mass is 19.4. The molecule has 0 radical (unpaired) electrons. The van der Waals surface area contributed by atoms with Crippen LogP contribution >= 0.6 is 0 Å². The van der Waals surface area contributed by atoms with Crippen molar-refractivity contribution < 1.29 is 26.8 Å². The Balaban J connectivity index is 1.75. The van der Waals surface area contributed by atoms with E-state index in [1.54, 1.807) is 0 Å². The fourth-order valence-electron chi connectivity index (χ4n) is 3.44. The zero-order chi connectivity index (χ0) is 15.8. The Kier molecular flexibility index (Phi) is 4.10. The van der Waals surface area contributed by atoms with Gasteiger partial charge in [0.1, 0.15) is 6.10 Å². The van der Waals surface area contributed by atoms with Gasteiger partial charge < -0.3 is 22.4 Å². The second kappa shape index (κ2) is 5.76. The molecular weight excluding hydrogens is 299 g/mol. The average molecular weight is 317 g/mol. The van der Waals surface area contributed by atoms with Gasteiger partial charge in [0, 0.05) is 12.8 Å². The van der Waals surface area contributed by atoms with Gasteiger partial charge in [-0.1, -0.05) is 18.9 Å². The molecule has 3 rings (SSSR count). The van der Waals surface area contributed by atoms with Crippen molar-refractivity contribution in [1.29, 1.82) is 0 Å². The van der Waals surface area contributed by atoms with E-state index in [1.807, 2.05) is 0 Å². The largest absolute Gasteiger partial charge is 0.509 e. The van der Waals surface area contributed by atoms with Gasteiger partial charge in [-0.25, -0.2) is 4.39 Å². The first kappa shape index (κ1) is 15.7. The van der Waals surface area contributed by atoms with Gasteiger partial charge in [-0.05, 0) is 25.0 Å². The van der Waals surface area contributed by atoms with E-state index in [0.717, 1.165) is 43.9 Å². The monoisotopic (exact) mass is 317 g/mol. The molecular formula is C15H18BF4O2-. The van der Waals surface area contributed by atoms with Crippen LogP contribution in [0, 0.1) is 5.82 Å². The minimum atomic E-state index is -5.16. The number of rotatable bonds is 3. The van der Waals surface area contributed by atoms with Crippen molar-refractivity contribution in [3.8, 4) is 5.75 Å². The smallest absolute Gasteiger partial charge is 0.487 e. The van der Waals surface area contributed by atoms with Crippen molar-refractivity contribution in [2.45, 2.75) is 50.2 Å². The van der Waals surface area contributed by atoms with Crippen LogP contribution in [0.2, 0.25) is 0 Å². The van der Waals surface area contributed by atoms with Crippen molar-refractivity contribution in [3.63, 3.8) is 0 Å². The summed E-state index contributed by atoms with van der Waals surface area (Å²) < 4.78 is 63.5. The fraction of sp³-hybridized carbons (Fsp3) is 0.600. The standard InChI is InChI=1S/C15H18BF4O2/c17-13-4-3-11(16(18,19)20)9-14(13)22-12-5-8-21-15(10-12)6-1-2-7-15/h3-4,9,12H,1-2,5-8,10H2/q-1. The topological polar surface area (TPSA) is 18.5 Å². The van der Waals surface area contributed by atoms with Crippen LogP contribution < -0.4 is 10.2 Å². The summed E-state index contributed by atoms with van der Waals surface area (Å²) in [4.78, 5) is 0. The number of hydrogen-bond acceptors (Lipinski definition) is 2. The molecule has 0 amide bonds. The molecule has 2 aliphatic rings. The van der Waals surface area contributed by atoms with Gasteiger partial charge in [-0.15, -0.1) is 5.46 Å². The minimum Gasteiger partial charge on any atom is -0.487 e. The Morgan fingerprint density at radius 1 is 1.18 bits per heavy atom. The van der Waals surface area contributed by atoms with E-state index in [0.29, 0.717) is 19.4 Å². The maximum Gasteiger partial charge on any atom is 0.509 e. The molecule has 1 saturated carbocycles. The number of ether oxygens (including phenoxy) is 2. The predicted octanol–water partition coefficient (Wildman–Crippen LogP) is 3.75. The number of benzene rings is 1. The molecule has 22 heavy (non-hydrogen) atoms. The maximum absolute atomic E-state index is 13.8. The Labute approximate surface area is 126 Å². The predicted molar refractivity (Wildman–Crippen MR) is 75.9 cm³/mol. The van der Waals surface area contributed by atoms with Gasteiger partial charge in [0.15, 0.2) is 11.6 Å². The quantitative estimate of drug-likeness (QED) is 0.624. The zero-order valence-electron chi connectivity index (χ0n) is 12.2. The van der Waals surface area contributed by atoms with Crippen molar-refractivity contribution in [2.24, 2.45) is 0 Å². The van der Waals surface area contributed by atoms with Crippen LogP contribution in [0.5, 0.6) is 5.75 Å². The van der Waals surface area contributed by atoms with E-state index in [1.165, 1.54) is 0 Å². The van der Waals surface area contributed by atoms with Crippen molar-refractivity contribution in [3.05, 3.63) is 24.0 Å². The third-order valence-electron chi connectivity index (χ3n) is 4.59. The maximum atomic E-state index is 13.8. The molecule has 0 bridgehead atoms. The molecule has 0 aromatic heterocycles. The summed E-state index contributed by atoms with van der Waals surface area (Å²) in [6.45, 7) is -4.65. The lowest BCUT2D eigenvalue weighted by atomic mass is 9.80. The Morgan fingerprint density at radius 3 is 2.59 bits per heavy atom. The van der Waals surface area contributed by atoms with E-state index in [-0.39, 0.29) is 17.5 Å². The second-order valence-corrected chi connectivity index (χ2v) is 6.24. The third-order valence-corrected chi connectivity index (χ3v) is 4.59. The SMILES string of the molecule is Fc1ccc([B-](F)(F)F)cc1OC1CCOC2(CCCC2)C1. The first-order valence-corrected chi connectivity index (χ1v) is 7.68. The second-order valence-electron chi connectivity index (χ2n) is 6.24. The fourth-order valence-corrected chi connectivity index (χ4v) is 3.44. The molecule has 1 spiro atoms. The van der Waals surface area contributed by atoms with E-state index in [4.69, 9.17) is 9.47 Å². The minimum absolute atomic E-state index is 0.217. The summed E-state index contributed by atoms with van der Waals surface area (Å²) in [5, 5.41) is 0. The molecule has 1 heterocycles. The highest BCUT2D eigenvalue weighted by Gasteiger charge is 2.41. The van der Waals surface area contributed by atoms with Crippen LogP contribution in [0.3, 0.4) is 0 Å². The molecule has 1 atom stereocenters. The van der Waals surface area contributed by atoms with Crippen LogP contribution in [-0.2, 0) is 4.74 Å². The van der Waals surface area contributed by atoms with E-state index in [2.05, 4.69) is 0 Å². The first-order chi connectivity index (χ1) is 10.4. The van der Waals surface area contributed by atoms with E-state index < -0.39 is 18.3 Å². The van der Waals surface area contributed by atoms with Crippen LogP contribution in [0.15, 0.2) is 18.2 Å². The van der Waals surface area contributed by atoms with Crippen molar-refractivity contribution in [1.82, 2.24) is 0 Å². The Hall–Kier alpha value is -1.24. The average Bonchev–Trinajstić information content (AvgIpc) is 2.88. The summed E-state index contributed by atoms with van der Waals surface area (Å²) >= 11 is 0. The first-order valence-electron chi connectivity index (χ1n) is 7.68. The normalized spacial score (nSPS) is 24.6. The van der Waals surface area contributed by atoms with Crippen LogP contribution in [0.4, 0.5) is 17.3 Å². The Morgan fingerprint density at radius 2 is 1.91 bits per heavy atom.